The van der Waals surface area contributed by atoms with Crippen LogP contribution in [-0.2, 0) is 9.53 Å². The molecule has 0 saturated heterocycles. The number of nitrogens with zero attached hydrogens (tertiary/aromatic N) is 2. The Hall–Kier alpha value is -3.19. The molecule has 0 unspecified atom stereocenters. The van der Waals surface area contributed by atoms with E-state index in [9.17, 15) is 9.59 Å². The second kappa shape index (κ2) is 9.54. The second-order valence-corrected chi connectivity index (χ2v) is 8.06. The minimum atomic E-state index is -0.446. The van der Waals surface area contributed by atoms with Gasteiger partial charge in [-0.2, -0.15) is 4.57 Å². The Morgan fingerprint density at radius 3 is 2.40 bits per heavy atom. The van der Waals surface area contributed by atoms with E-state index in [-0.39, 0.29) is 12.5 Å². The number of nitrogens with one attached hydrogen (secondary N) is 1. The van der Waals surface area contributed by atoms with E-state index in [2.05, 4.69) is 5.32 Å². The van der Waals surface area contributed by atoms with Gasteiger partial charge in [0.2, 0.25) is 6.04 Å². The molecule has 1 N–H and O–H groups in total. The van der Waals surface area contributed by atoms with Gasteiger partial charge in [0.05, 0.1) is 12.2 Å². The van der Waals surface area contributed by atoms with E-state index in [4.69, 9.17) is 4.74 Å². The van der Waals surface area contributed by atoms with E-state index in [1.54, 1.807) is 13.0 Å². The molecule has 0 saturated carbocycles. The number of carbonyl (C=O) groups excluding carboxylic acids is 2. The average Bonchev–Trinajstić information content (AvgIpc) is 3.18. The van der Waals surface area contributed by atoms with Gasteiger partial charge in [0, 0.05) is 43.7 Å². The molecule has 0 aliphatic rings. The highest BCUT2D eigenvalue weighted by Crippen LogP contribution is 2.36. The number of aromatic nitrogens is 1. The van der Waals surface area contributed by atoms with Crippen LogP contribution in [0.4, 0.5) is 10.7 Å². The smallest absolute Gasteiger partial charge is 0.341 e. The van der Waals surface area contributed by atoms with Crippen LogP contribution in [0.2, 0.25) is 0 Å². The van der Waals surface area contributed by atoms with Crippen molar-refractivity contribution < 1.29 is 18.9 Å². The lowest BCUT2D eigenvalue weighted by Crippen LogP contribution is -2.44. The maximum Gasteiger partial charge on any atom is 0.341 e. The van der Waals surface area contributed by atoms with Crippen LogP contribution < -0.4 is 14.8 Å². The van der Waals surface area contributed by atoms with Gasteiger partial charge in [-0.05, 0) is 18.6 Å². The Labute approximate surface area is 180 Å². The number of benzene rings is 1. The standard InChI is InChI=1S/C23H25N3O3S/c1-5-29-23(28)19-15-20(17-9-7-6-8-10-17)30-22(19)24-21(27)16(2)26-13-11-18(12-14-26)25(3)4/h6-16H,5H2,1-4H3/p+1/t16-/m1/s1. The highest BCUT2D eigenvalue weighted by Gasteiger charge is 2.26. The third-order valence-electron chi connectivity index (χ3n) is 4.70. The summed E-state index contributed by atoms with van der Waals surface area (Å²) in [7, 11) is 3.93. The van der Waals surface area contributed by atoms with Crippen LogP contribution in [0.5, 0.6) is 0 Å². The Bertz CT molecular complexity index is 1010. The number of carbonyl (C=O) groups is 2. The number of esters is 1. The Morgan fingerprint density at radius 2 is 1.80 bits per heavy atom. The molecule has 0 aliphatic heterocycles. The van der Waals surface area contributed by atoms with E-state index in [1.165, 1.54) is 11.3 Å². The lowest BCUT2D eigenvalue weighted by Gasteiger charge is -2.12. The monoisotopic (exact) mass is 424 g/mol. The number of ether oxygens (including phenoxy) is 1. The number of hydrogen-bond acceptors (Lipinski definition) is 5. The molecule has 3 rings (SSSR count). The average molecular weight is 425 g/mol. The van der Waals surface area contributed by atoms with Gasteiger partial charge in [0.1, 0.15) is 5.00 Å². The lowest BCUT2D eigenvalue weighted by molar-refractivity contribution is -0.705. The van der Waals surface area contributed by atoms with Crippen molar-refractivity contribution in [3.8, 4) is 10.4 Å². The summed E-state index contributed by atoms with van der Waals surface area (Å²) in [4.78, 5) is 28.3. The molecule has 2 heterocycles. The molecule has 0 spiro atoms. The Balaban J connectivity index is 1.85. The quantitative estimate of drug-likeness (QED) is 0.457. The predicted molar refractivity (Wildman–Crippen MR) is 120 cm³/mol. The van der Waals surface area contributed by atoms with Crippen molar-refractivity contribution in [3.63, 3.8) is 0 Å². The third-order valence-corrected chi connectivity index (χ3v) is 5.80. The van der Waals surface area contributed by atoms with Crippen LogP contribution in [-0.4, -0.2) is 32.6 Å². The maximum atomic E-state index is 12.9. The molecule has 7 heteroatoms. The first kappa shape index (κ1) is 21.5. The zero-order chi connectivity index (χ0) is 21.7. The number of amides is 1. The van der Waals surface area contributed by atoms with Gasteiger partial charge >= 0.3 is 5.97 Å². The van der Waals surface area contributed by atoms with Crippen LogP contribution in [0.1, 0.15) is 30.2 Å². The molecule has 30 heavy (non-hydrogen) atoms. The summed E-state index contributed by atoms with van der Waals surface area (Å²) in [5, 5.41) is 3.42. The van der Waals surface area contributed by atoms with E-state index in [0.717, 1.165) is 16.1 Å². The van der Waals surface area contributed by atoms with E-state index in [0.29, 0.717) is 10.6 Å². The number of rotatable bonds is 7. The topological polar surface area (TPSA) is 62.5 Å². The first-order valence-electron chi connectivity index (χ1n) is 9.76. The van der Waals surface area contributed by atoms with Crippen LogP contribution in [0.3, 0.4) is 0 Å². The van der Waals surface area contributed by atoms with Gasteiger partial charge in [-0.1, -0.05) is 30.3 Å². The summed E-state index contributed by atoms with van der Waals surface area (Å²) >= 11 is 1.37. The summed E-state index contributed by atoms with van der Waals surface area (Å²) in [6.45, 7) is 3.85. The molecular weight excluding hydrogens is 398 g/mol. The Kier molecular flexibility index (Phi) is 6.84. The second-order valence-electron chi connectivity index (χ2n) is 7.00. The van der Waals surface area contributed by atoms with Gasteiger partial charge in [0.15, 0.2) is 12.4 Å². The zero-order valence-electron chi connectivity index (χ0n) is 17.6. The van der Waals surface area contributed by atoms with Crippen molar-refractivity contribution in [2.24, 2.45) is 0 Å². The summed E-state index contributed by atoms with van der Waals surface area (Å²) in [5.74, 6) is -0.647. The summed E-state index contributed by atoms with van der Waals surface area (Å²) in [6.07, 6.45) is 3.74. The van der Waals surface area contributed by atoms with Crippen molar-refractivity contribution in [3.05, 3.63) is 66.5 Å². The normalized spacial score (nSPS) is 11.6. The van der Waals surface area contributed by atoms with E-state index >= 15 is 0 Å². The van der Waals surface area contributed by atoms with Gasteiger partial charge in [-0.25, -0.2) is 4.79 Å². The fourth-order valence-electron chi connectivity index (χ4n) is 2.93. The zero-order valence-corrected chi connectivity index (χ0v) is 18.4. The molecule has 2 aromatic heterocycles. The van der Waals surface area contributed by atoms with Gasteiger partial charge in [-0.15, -0.1) is 11.3 Å². The summed E-state index contributed by atoms with van der Waals surface area (Å²) < 4.78 is 7.02. The first-order chi connectivity index (χ1) is 14.4. The van der Waals surface area contributed by atoms with E-state index < -0.39 is 12.0 Å². The van der Waals surface area contributed by atoms with Gasteiger partial charge < -0.3 is 15.0 Å². The fourth-order valence-corrected chi connectivity index (χ4v) is 3.98. The van der Waals surface area contributed by atoms with Crippen molar-refractivity contribution in [1.82, 2.24) is 0 Å². The minimum Gasteiger partial charge on any atom is -0.462 e. The lowest BCUT2D eigenvalue weighted by atomic mass is 10.1. The van der Waals surface area contributed by atoms with Crippen LogP contribution in [0.25, 0.3) is 10.4 Å². The third kappa shape index (κ3) is 4.86. The molecule has 1 atom stereocenters. The van der Waals surface area contributed by atoms with Crippen LogP contribution >= 0.6 is 11.3 Å². The molecular formula is C23H26N3O3S+. The highest BCUT2D eigenvalue weighted by molar-refractivity contribution is 7.20. The number of thiophene rings is 1. The fraction of sp³-hybridized carbons (Fsp3) is 0.261. The molecule has 0 bridgehead atoms. The maximum absolute atomic E-state index is 12.9. The molecule has 3 aromatic rings. The van der Waals surface area contributed by atoms with Crippen molar-refractivity contribution in [1.29, 1.82) is 0 Å². The summed E-state index contributed by atoms with van der Waals surface area (Å²) in [6, 6.07) is 15.0. The van der Waals surface area contributed by atoms with Crippen molar-refractivity contribution >= 4 is 33.9 Å². The Morgan fingerprint density at radius 1 is 1.13 bits per heavy atom. The van der Waals surface area contributed by atoms with Gasteiger partial charge in [0.25, 0.3) is 5.91 Å². The molecule has 0 fully saturated rings. The van der Waals surface area contributed by atoms with Crippen LogP contribution in [0.15, 0.2) is 60.9 Å². The number of pyridine rings is 1. The molecule has 1 amide bonds. The summed E-state index contributed by atoms with van der Waals surface area (Å²) in [5.41, 5.74) is 2.40. The number of hydrogen-bond donors (Lipinski definition) is 1. The van der Waals surface area contributed by atoms with E-state index in [1.807, 2.05) is 85.3 Å². The SMILES string of the molecule is CCOC(=O)c1cc(-c2ccccc2)sc1NC(=O)[C@@H](C)[n+]1ccc(N(C)C)cc1. The van der Waals surface area contributed by atoms with Crippen molar-refractivity contribution in [2.45, 2.75) is 19.9 Å². The molecule has 1 aromatic carbocycles. The van der Waals surface area contributed by atoms with Crippen molar-refractivity contribution in [2.75, 3.05) is 30.9 Å². The molecule has 0 radical (unpaired) electrons. The van der Waals surface area contributed by atoms with Gasteiger partial charge in [-0.3, -0.25) is 4.79 Å². The minimum absolute atomic E-state index is 0.204. The molecule has 156 valence electrons. The largest absolute Gasteiger partial charge is 0.462 e. The van der Waals surface area contributed by atoms with Crippen LogP contribution in [0, 0.1) is 0 Å². The predicted octanol–water partition coefficient (Wildman–Crippen LogP) is 4.15. The number of anilines is 2. The highest BCUT2D eigenvalue weighted by atomic mass is 32.1. The molecule has 0 aliphatic carbocycles. The first-order valence-corrected chi connectivity index (χ1v) is 10.6. The molecule has 6 nitrogen and oxygen atoms in total.